The van der Waals surface area contributed by atoms with E-state index in [1.54, 1.807) is 4.90 Å². The monoisotopic (exact) mass is 453 g/mol. The third kappa shape index (κ3) is 4.55. The maximum atomic E-state index is 13.1. The van der Waals surface area contributed by atoms with Gasteiger partial charge in [-0.3, -0.25) is 14.5 Å². The van der Waals surface area contributed by atoms with E-state index in [2.05, 4.69) is 5.32 Å². The number of amides is 2. The van der Waals surface area contributed by atoms with Crippen molar-refractivity contribution in [1.29, 1.82) is 0 Å². The molecule has 0 radical (unpaired) electrons. The standard InChI is InChI=1S/C23H20FN3O2S2/c1-2-11-27-22(29)20(31-23(27)30)12-15-13-26(19-6-4-3-5-18(15)19)14-21(28)25-17-9-7-16(24)8-10-17/h3-10,12-13H,2,11,14H2,1H3,(H,25,28)/b20-12+. The number of halogens is 1. The van der Waals surface area contributed by atoms with Gasteiger partial charge in [0.2, 0.25) is 5.91 Å². The molecule has 3 aromatic rings. The average Bonchev–Trinajstić information content (AvgIpc) is 3.22. The molecule has 4 rings (SSSR count). The molecule has 0 aliphatic carbocycles. The van der Waals surface area contributed by atoms with Crippen molar-refractivity contribution in [3.05, 3.63) is 71.0 Å². The summed E-state index contributed by atoms with van der Waals surface area (Å²) < 4.78 is 15.5. The molecule has 0 bridgehead atoms. The number of para-hydroxylation sites is 1. The van der Waals surface area contributed by atoms with E-state index < -0.39 is 0 Å². The molecule has 1 aliphatic heterocycles. The highest BCUT2D eigenvalue weighted by Crippen LogP contribution is 2.34. The average molecular weight is 454 g/mol. The molecule has 2 aromatic carbocycles. The Morgan fingerprint density at radius 2 is 1.94 bits per heavy atom. The lowest BCUT2D eigenvalue weighted by atomic mass is 10.1. The first-order valence-electron chi connectivity index (χ1n) is 9.85. The minimum Gasteiger partial charge on any atom is -0.337 e. The second-order valence-electron chi connectivity index (χ2n) is 7.12. The van der Waals surface area contributed by atoms with Crippen molar-refractivity contribution in [2.75, 3.05) is 11.9 Å². The van der Waals surface area contributed by atoms with Gasteiger partial charge in [-0.25, -0.2) is 4.39 Å². The molecule has 0 atom stereocenters. The Morgan fingerprint density at radius 3 is 2.68 bits per heavy atom. The van der Waals surface area contributed by atoms with Crippen LogP contribution in [0.25, 0.3) is 17.0 Å². The van der Waals surface area contributed by atoms with Crippen molar-refractivity contribution >= 4 is 62.8 Å². The fourth-order valence-corrected chi connectivity index (χ4v) is 4.77. The minimum atomic E-state index is -0.358. The van der Waals surface area contributed by atoms with Gasteiger partial charge in [-0.2, -0.15) is 0 Å². The Kier molecular flexibility index (Phi) is 6.20. The van der Waals surface area contributed by atoms with E-state index in [9.17, 15) is 14.0 Å². The van der Waals surface area contributed by atoms with Gasteiger partial charge >= 0.3 is 0 Å². The zero-order chi connectivity index (χ0) is 22.0. The number of fused-ring (bicyclic) bond motifs is 1. The summed E-state index contributed by atoms with van der Waals surface area (Å²) in [6, 6.07) is 13.4. The topological polar surface area (TPSA) is 54.3 Å². The van der Waals surface area contributed by atoms with Gasteiger partial charge < -0.3 is 9.88 Å². The lowest BCUT2D eigenvalue weighted by Crippen LogP contribution is -2.28. The van der Waals surface area contributed by atoms with Crippen molar-refractivity contribution in [1.82, 2.24) is 9.47 Å². The minimum absolute atomic E-state index is 0.0808. The van der Waals surface area contributed by atoms with Crippen LogP contribution < -0.4 is 5.32 Å². The predicted molar refractivity (Wildman–Crippen MR) is 127 cm³/mol. The summed E-state index contributed by atoms with van der Waals surface area (Å²) in [6.45, 7) is 2.70. The molecule has 8 heteroatoms. The van der Waals surface area contributed by atoms with E-state index >= 15 is 0 Å². The third-order valence-electron chi connectivity index (χ3n) is 4.87. The molecular formula is C23H20FN3O2S2. The molecule has 0 spiro atoms. The first-order chi connectivity index (χ1) is 15.0. The first kappa shape index (κ1) is 21.3. The maximum Gasteiger partial charge on any atom is 0.266 e. The van der Waals surface area contributed by atoms with Crippen LogP contribution in [0.15, 0.2) is 59.6 Å². The molecule has 0 saturated carbocycles. The number of rotatable bonds is 6. The number of anilines is 1. The Morgan fingerprint density at radius 1 is 1.19 bits per heavy atom. The van der Waals surface area contributed by atoms with Crippen LogP contribution in [0, 0.1) is 5.82 Å². The number of nitrogens with zero attached hydrogens (tertiary/aromatic N) is 2. The molecule has 0 unspecified atom stereocenters. The van der Waals surface area contributed by atoms with Crippen LogP contribution in [-0.4, -0.2) is 32.1 Å². The van der Waals surface area contributed by atoms with Gasteiger partial charge in [0, 0.05) is 34.9 Å². The zero-order valence-corrected chi connectivity index (χ0v) is 18.4. The summed E-state index contributed by atoms with van der Waals surface area (Å²) in [5.74, 6) is -0.667. The third-order valence-corrected chi connectivity index (χ3v) is 6.25. The van der Waals surface area contributed by atoms with Crippen LogP contribution in [0.2, 0.25) is 0 Å². The summed E-state index contributed by atoms with van der Waals surface area (Å²) in [5.41, 5.74) is 2.26. The summed E-state index contributed by atoms with van der Waals surface area (Å²) in [4.78, 5) is 27.5. The van der Waals surface area contributed by atoms with Gasteiger partial charge in [0.1, 0.15) is 16.7 Å². The molecule has 31 heavy (non-hydrogen) atoms. The quantitative estimate of drug-likeness (QED) is 0.420. The van der Waals surface area contributed by atoms with Gasteiger partial charge in [0.05, 0.1) is 4.91 Å². The number of carbonyl (C=O) groups excluding carboxylic acids is 2. The van der Waals surface area contributed by atoms with E-state index in [0.717, 1.165) is 22.9 Å². The van der Waals surface area contributed by atoms with Crippen molar-refractivity contribution in [2.45, 2.75) is 19.9 Å². The Bertz CT molecular complexity index is 1200. The SMILES string of the molecule is CCCN1C(=O)/C(=C\c2cn(CC(=O)Nc3ccc(F)cc3)c3ccccc23)SC1=S. The van der Waals surface area contributed by atoms with E-state index in [1.807, 2.05) is 48.0 Å². The highest BCUT2D eigenvalue weighted by Gasteiger charge is 2.31. The molecule has 1 N–H and O–H groups in total. The largest absolute Gasteiger partial charge is 0.337 e. The molecule has 158 valence electrons. The van der Waals surface area contributed by atoms with Gasteiger partial charge in [-0.05, 0) is 42.8 Å². The number of carbonyl (C=O) groups is 2. The molecule has 1 aromatic heterocycles. The summed E-state index contributed by atoms with van der Waals surface area (Å²) in [7, 11) is 0. The van der Waals surface area contributed by atoms with Crippen molar-refractivity contribution in [3.63, 3.8) is 0 Å². The van der Waals surface area contributed by atoms with Crippen LogP contribution >= 0.6 is 24.0 Å². The number of benzene rings is 2. The molecule has 5 nitrogen and oxygen atoms in total. The van der Waals surface area contributed by atoms with Crippen LogP contribution in [0.1, 0.15) is 18.9 Å². The summed E-state index contributed by atoms with van der Waals surface area (Å²) in [6.07, 6.45) is 4.54. The van der Waals surface area contributed by atoms with Gasteiger partial charge in [-0.1, -0.05) is 49.1 Å². The van der Waals surface area contributed by atoms with E-state index in [-0.39, 0.29) is 24.2 Å². The lowest BCUT2D eigenvalue weighted by molar-refractivity contribution is -0.122. The number of hydrogen-bond donors (Lipinski definition) is 1. The van der Waals surface area contributed by atoms with Crippen LogP contribution in [-0.2, 0) is 16.1 Å². The Labute approximate surface area is 188 Å². The smallest absolute Gasteiger partial charge is 0.266 e. The Balaban J connectivity index is 1.60. The molecule has 1 saturated heterocycles. The predicted octanol–water partition coefficient (Wildman–Crippen LogP) is 5.03. The van der Waals surface area contributed by atoms with Gasteiger partial charge in [0.15, 0.2) is 0 Å². The summed E-state index contributed by atoms with van der Waals surface area (Å²) >= 11 is 6.65. The normalized spacial score (nSPS) is 15.3. The van der Waals surface area contributed by atoms with Crippen molar-refractivity contribution in [2.24, 2.45) is 0 Å². The second-order valence-corrected chi connectivity index (χ2v) is 8.79. The van der Waals surface area contributed by atoms with Crippen molar-refractivity contribution < 1.29 is 14.0 Å². The highest BCUT2D eigenvalue weighted by atomic mass is 32.2. The van der Waals surface area contributed by atoms with Gasteiger partial charge in [0.25, 0.3) is 5.91 Å². The van der Waals surface area contributed by atoms with Crippen LogP contribution in [0.5, 0.6) is 0 Å². The van der Waals surface area contributed by atoms with E-state index in [4.69, 9.17) is 12.2 Å². The number of thiocarbonyl (C=S) groups is 1. The molecule has 2 heterocycles. The maximum absolute atomic E-state index is 13.1. The van der Waals surface area contributed by atoms with E-state index in [0.29, 0.717) is 21.5 Å². The molecule has 1 aliphatic rings. The fourth-order valence-electron chi connectivity index (χ4n) is 3.47. The molecule has 1 fully saturated rings. The van der Waals surface area contributed by atoms with Crippen LogP contribution in [0.3, 0.4) is 0 Å². The zero-order valence-electron chi connectivity index (χ0n) is 16.8. The second kappa shape index (κ2) is 9.03. The van der Waals surface area contributed by atoms with Crippen LogP contribution in [0.4, 0.5) is 10.1 Å². The molecular weight excluding hydrogens is 433 g/mol. The lowest BCUT2D eigenvalue weighted by Gasteiger charge is -2.11. The first-order valence-corrected chi connectivity index (χ1v) is 11.1. The van der Waals surface area contributed by atoms with Crippen molar-refractivity contribution in [3.8, 4) is 0 Å². The highest BCUT2D eigenvalue weighted by molar-refractivity contribution is 8.26. The summed E-state index contributed by atoms with van der Waals surface area (Å²) in [5, 5.41) is 3.72. The van der Waals surface area contributed by atoms with Gasteiger partial charge in [-0.15, -0.1) is 0 Å². The number of thioether (sulfide) groups is 1. The Hall–Kier alpha value is -2.97. The fraction of sp³-hybridized carbons (Fsp3) is 0.174. The number of nitrogens with one attached hydrogen (secondary N) is 1. The molecule has 2 amide bonds. The van der Waals surface area contributed by atoms with E-state index in [1.165, 1.54) is 36.0 Å². The number of hydrogen-bond acceptors (Lipinski definition) is 4. The number of aromatic nitrogens is 1.